The molecule has 118 valence electrons. The highest BCUT2D eigenvalue weighted by molar-refractivity contribution is 8.03. The molecule has 1 nitrogen and oxygen atoms in total. The summed E-state index contributed by atoms with van der Waals surface area (Å²) in [7, 11) is 0. The fraction of sp³-hybridized carbons (Fsp3) is 0.250. The van der Waals surface area contributed by atoms with E-state index in [-0.39, 0.29) is 0 Å². The molecule has 0 aliphatic carbocycles. The van der Waals surface area contributed by atoms with Crippen LogP contribution >= 0.6 is 23.4 Å². The zero-order chi connectivity index (χ0) is 16.3. The van der Waals surface area contributed by atoms with E-state index >= 15 is 0 Å². The largest absolute Gasteiger partial charge is 0.416 e. The number of hydrogen-bond donors (Lipinski definition) is 0. The first-order valence-corrected chi connectivity index (χ1v) is 7.99. The highest BCUT2D eigenvalue weighted by Crippen LogP contribution is 2.46. The van der Waals surface area contributed by atoms with Crippen LogP contribution in [0.5, 0.6) is 0 Å². The summed E-state index contributed by atoms with van der Waals surface area (Å²) in [5.74, 6) is 0.436. The third-order valence-electron chi connectivity index (χ3n) is 3.23. The quantitative estimate of drug-likeness (QED) is 0.618. The Bertz CT molecular complexity index is 622. The minimum absolute atomic E-state index is 0.436. The van der Waals surface area contributed by atoms with Gasteiger partial charge in [0.15, 0.2) is 0 Å². The van der Waals surface area contributed by atoms with Gasteiger partial charge in [-0.3, -0.25) is 0 Å². The summed E-state index contributed by atoms with van der Waals surface area (Å²) < 4.78 is 38.9. The molecule has 0 radical (unpaired) electrons. The molecule has 0 amide bonds. The molecule has 0 bridgehead atoms. The van der Waals surface area contributed by atoms with Gasteiger partial charge in [0.2, 0.25) is 0 Å². The second-order valence-corrected chi connectivity index (χ2v) is 6.10. The fourth-order valence-electron chi connectivity index (χ4n) is 2.24. The smallest absolute Gasteiger partial charge is 0.340 e. The van der Waals surface area contributed by atoms with E-state index < -0.39 is 11.7 Å². The van der Waals surface area contributed by atoms with Gasteiger partial charge in [-0.25, -0.2) is 0 Å². The average molecular weight is 346 g/mol. The maximum atomic E-state index is 13.0. The van der Waals surface area contributed by atoms with E-state index in [0.717, 1.165) is 21.6 Å². The highest BCUT2D eigenvalue weighted by atomic mass is 35.5. The predicted molar refractivity (Wildman–Crippen MR) is 87.4 cm³/mol. The first-order valence-electron chi connectivity index (χ1n) is 6.64. The third-order valence-corrected chi connectivity index (χ3v) is 4.66. The number of nitrogens with zero attached hydrogens (tertiary/aromatic N) is 1. The lowest BCUT2D eigenvalue weighted by molar-refractivity contribution is -0.137. The Morgan fingerprint density at radius 3 is 2.50 bits per heavy atom. The number of rotatable bonds is 5. The maximum absolute atomic E-state index is 13.0. The van der Waals surface area contributed by atoms with Crippen LogP contribution in [0.3, 0.4) is 0 Å². The van der Waals surface area contributed by atoms with E-state index in [1.807, 2.05) is 4.90 Å². The van der Waals surface area contributed by atoms with Crippen LogP contribution in [0.4, 0.5) is 18.9 Å². The van der Waals surface area contributed by atoms with Crippen LogP contribution in [0, 0.1) is 0 Å². The van der Waals surface area contributed by atoms with Crippen molar-refractivity contribution in [2.24, 2.45) is 0 Å². The molecule has 0 unspecified atom stereocenters. The summed E-state index contributed by atoms with van der Waals surface area (Å²) in [5.41, 5.74) is 0.635. The molecule has 6 heteroatoms. The number of thioether (sulfide) groups is 1. The van der Waals surface area contributed by atoms with Gasteiger partial charge >= 0.3 is 6.18 Å². The van der Waals surface area contributed by atoms with Gasteiger partial charge in [-0.2, -0.15) is 13.2 Å². The SMILES string of the molecule is C=CC1=C(C=C)N(CCCCl)c2cc(C(F)(F)F)ccc2S1. The van der Waals surface area contributed by atoms with Crippen LogP contribution in [-0.2, 0) is 6.18 Å². The number of alkyl halides is 4. The zero-order valence-electron chi connectivity index (χ0n) is 11.8. The number of halogens is 4. The molecular formula is C16H15ClF3NS. The normalized spacial score (nSPS) is 14.8. The molecule has 0 spiro atoms. The Labute approximate surface area is 137 Å². The number of allylic oxidation sites excluding steroid dienone is 2. The van der Waals surface area contributed by atoms with Gasteiger partial charge in [0.05, 0.1) is 16.9 Å². The molecule has 0 fully saturated rings. The lowest BCUT2D eigenvalue weighted by atomic mass is 10.1. The summed E-state index contributed by atoms with van der Waals surface area (Å²) >= 11 is 7.13. The Morgan fingerprint density at radius 2 is 1.95 bits per heavy atom. The van der Waals surface area contributed by atoms with Crippen molar-refractivity contribution in [3.63, 3.8) is 0 Å². The van der Waals surface area contributed by atoms with E-state index in [0.29, 0.717) is 24.5 Å². The fourth-order valence-corrected chi connectivity index (χ4v) is 3.39. The van der Waals surface area contributed by atoms with Crippen molar-refractivity contribution in [2.75, 3.05) is 17.3 Å². The minimum atomic E-state index is -4.37. The summed E-state index contributed by atoms with van der Waals surface area (Å²) in [5, 5.41) is 0. The van der Waals surface area contributed by atoms with Gasteiger partial charge in [-0.15, -0.1) is 11.6 Å². The van der Waals surface area contributed by atoms with Gasteiger partial charge in [0.1, 0.15) is 0 Å². The summed E-state index contributed by atoms with van der Waals surface area (Å²) in [4.78, 5) is 3.47. The summed E-state index contributed by atoms with van der Waals surface area (Å²) in [6.45, 7) is 8.06. The number of hydrogen-bond acceptors (Lipinski definition) is 2. The molecule has 1 aliphatic heterocycles. The van der Waals surface area contributed by atoms with Gasteiger partial charge in [0.25, 0.3) is 0 Å². The standard InChI is InChI=1S/C16H15ClF3NS/c1-3-12-14(4-2)22-15-7-6-11(16(18,19)20)10-13(15)21(12)9-5-8-17/h3-4,6-7,10H,1-2,5,8-9H2. The van der Waals surface area contributed by atoms with Gasteiger partial charge < -0.3 is 4.90 Å². The van der Waals surface area contributed by atoms with Crippen molar-refractivity contribution in [3.05, 3.63) is 59.7 Å². The zero-order valence-corrected chi connectivity index (χ0v) is 13.4. The average Bonchev–Trinajstić information content (AvgIpc) is 2.49. The molecule has 0 saturated heterocycles. The van der Waals surface area contributed by atoms with Gasteiger partial charge in [-0.05, 0) is 30.7 Å². The van der Waals surface area contributed by atoms with E-state index in [1.165, 1.54) is 23.9 Å². The molecule has 0 saturated carbocycles. The van der Waals surface area contributed by atoms with Gasteiger partial charge in [0, 0.05) is 22.2 Å². The van der Waals surface area contributed by atoms with E-state index in [4.69, 9.17) is 11.6 Å². The van der Waals surface area contributed by atoms with Crippen LogP contribution in [-0.4, -0.2) is 12.4 Å². The van der Waals surface area contributed by atoms with Crippen molar-refractivity contribution in [1.29, 1.82) is 0 Å². The molecule has 1 heterocycles. The predicted octanol–water partition coefficient (Wildman–Crippen LogP) is 5.83. The first kappa shape index (κ1) is 17.0. The number of benzene rings is 1. The van der Waals surface area contributed by atoms with Crippen LogP contribution in [0.1, 0.15) is 12.0 Å². The minimum Gasteiger partial charge on any atom is -0.340 e. The molecular weight excluding hydrogens is 331 g/mol. The van der Waals surface area contributed by atoms with Crippen LogP contribution in [0.2, 0.25) is 0 Å². The molecule has 1 aliphatic rings. The second-order valence-electron chi connectivity index (χ2n) is 4.63. The molecule has 1 aromatic carbocycles. The topological polar surface area (TPSA) is 3.24 Å². The Balaban J connectivity index is 2.54. The van der Waals surface area contributed by atoms with Crippen molar-refractivity contribution < 1.29 is 13.2 Å². The number of anilines is 1. The summed E-state index contributed by atoms with van der Waals surface area (Å²) in [6, 6.07) is 3.78. The molecule has 2 rings (SSSR count). The summed E-state index contributed by atoms with van der Waals surface area (Å²) in [6.07, 6.45) is -0.379. The van der Waals surface area contributed by atoms with Gasteiger partial charge in [-0.1, -0.05) is 31.0 Å². The molecule has 1 aromatic rings. The van der Waals surface area contributed by atoms with Crippen molar-refractivity contribution >= 4 is 29.1 Å². The van der Waals surface area contributed by atoms with E-state index in [9.17, 15) is 13.2 Å². The van der Waals surface area contributed by atoms with Crippen LogP contribution in [0.15, 0.2) is 59.0 Å². The van der Waals surface area contributed by atoms with E-state index in [1.54, 1.807) is 12.2 Å². The van der Waals surface area contributed by atoms with Crippen LogP contribution in [0.25, 0.3) is 0 Å². The third kappa shape index (κ3) is 3.36. The number of fused-ring (bicyclic) bond motifs is 1. The molecule has 0 N–H and O–H groups in total. The molecule has 0 atom stereocenters. The van der Waals surface area contributed by atoms with Crippen molar-refractivity contribution in [2.45, 2.75) is 17.5 Å². The Kier molecular flexibility index (Phi) is 5.29. The van der Waals surface area contributed by atoms with Crippen molar-refractivity contribution in [1.82, 2.24) is 0 Å². The molecule has 0 aromatic heterocycles. The van der Waals surface area contributed by atoms with Crippen LogP contribution < -0.4 is 4.90 Å². The highest BCUT2D eigenvalue weighted by Gasteiger charge is 2.33. The maximum Gasteiger partial charge on any atom is 0.416 e. The first-order chi connectivity index (χ1) is 10.4. The lowest BCUT2D eigenvalue weighted by Crippen LogP contribution is -2.27. The second kappa shape index (κ2) is 6.84. The Morgan fingerprint density at radius 1 is 1.23 bits per heavy atom. The Hall–Kier alpha value is -1.33. The monoisotopic (exact) mass is 345 g/mol. The lowest BCUT2D eigenvalue weighted by Gasteiger charge is -2.33. The van der Waals surface area contributed by atoms with E-state index in [2.05, 4.69) is 13.2 Å². The van der Waals surface area contributed by atoms with Crippen molar-refractivity contribution in [3.8, 4) is 0 Å². The molecule has 22 heavy (non-hydrogen) atoms.